The van der Waals surface area contributed by atoms with Gasteiger partial charge in [0, 0.05) is 5.56 Å². The Morgan fingerprint density at radius 2 is 2.00 bits per heavy atom. The molecule has 0 aromatic heterocycles. The van der Waals surface area contributed by atoms with Gasteiger partial charge in [-0.25, -0.2) is 18.0 Å². The molecule has 0 amide bonds. The van der Waals surface area contributed by atoms with Crippen LogP contribution < -0.4 is 0 Å². The second-order valence-corrected chi connectivity index (χ2v) is 2.75. The van der Waals surface area contributed by atoms with Crippen molar-refractivity contribution in [2.24, 2.45) is 0 Å². The Morgan fingerprint density at radius 3 is 2.43 bits per heavy atom. The quantitative estimate of drug-likeness (QED) is 0.804. The van der Waals surface area contributed by atoms with Gasteiger partial charge in [-0.15, -0.1) is 0 Å². The van der Waals surface area contributed by atoms with E-state index in [0.29, 0.717) is 0 Å². The van der Waals surface area contributed by atoms with Crippen LogP contribution in [0.25, 0.3) is 0 Å². The summed E-state index contributed by atoms with van der Waals surface area (Å²) in [7, 11) is 0. The molecule has 0 spiro atoms. The van der Waals surface area contributed by atoms with Crippen molar-refractivity contribution in [2.75, 3.05) is 0 Å². The van der Waals surface area contributed by atoms with Gasteiger partial charge >= 0.3 is 5.97 Å². The molecule has 1 rings (SSSR count). The monoisotopic (exact) mass is 204 g/mol. The highest BCUT2D eigenvalue weighted by molar-refractivity contribution is 5.88. The first kappa shape index (κ1) is 10.6. The van der Waals surface area contributed by atoms with Crippen molar-refractivity contribution < 1.29 is 23.1 Å². The number of rotatable bonds is 2. The average molecular weight is 204 g/mol. The van der Waals surface area contributed by atoms with Crippen LogP contribution in [0.4, 0.5) is 13.2 Å². The first-order valence-corrected chi connectivity index (χ1v) is 3.75. The average Bonchev–Trinajstić information content (AvgIpc) is 2.08. The van der Waals surface area contributed by atoms with Gasteiger partial charge in [0.05, 0.1) is 5.56 Å². The number of carboxylic acid groups (broad SMARTS) is 1. The van der Waals surface area contributed by atoms with Crippen LogP contribution >= 0.6 is 0 Å². The van der Waals surface area contributed by atoms with Crippen molar-refractivity contribution in [1.82, 2.24) is 0 Å². The van der Waals surface area contributed by atoms with E-state index >= 15 is 0 Å². The Hall–Kier alpha value is -1.52. The van der Waals surface area contributed by atoms with Crippen molar-refractivity contribution in [3.63, 3.8) is 0 Å². The van der Waals surface area contributed by atoms with Gasteiger partial charge in [0.1, 0.15) is 5.82 Å². The molecule has 76 valence electrons. The molecule has 1 aromatic rings. The van der Waals surface area contributed by atoms with Gasteiger partial charge in [0.2, 0.25) is 0 Å². The van der Waals surface area contributed by atoms with Crippen molar-refractivity contribution in [3.05, 3.63) is 34.6 Å². The molecule has 0 aliphatic rings. The maximum absolute atomic E-state index is 13.2. The predicted octanol–water partition coefficient (Wildman–Crippen LogP) is 2.77. The molecule has 5 heteroatoms. The van der Waals surface area contributed by atoms with E-state index in [0.717, 1.165) is 19.1 Å². The van der Waals surface area contributed by atoms with Crippen LogP contribution in [0.3, 0.4) is 0 Å². The molecule has 0 radical (unpaired) electrons. The molecule has 0 saturated carbocycles. The fourth-order valence-corrected chi connectivity index (χ4v) is 1.10. The van der Waals surface area contributed by atoms with E-state index in [2.05, 4.69) is 0 Å². The maximum Gasteiger partial charge on any atom is 0.338 e. The molecule has 0 unspecified atom stereocenters. The van der Waals surface area contributed by atoms with Crippen LogP contribution in [-0.2, 0) is 0 Å². The van der Waals surface area contributed by atoms with Gasteiger partial charge in [0.15, 0.2) is 0 Å². The Morgan fingerprint density at radius 1 is 1.43 bits per heavy atom. The van der Waals surface area contributed by atoms with Crippen LogP contribution in [0.1, 0.15) is 27.9 Å². The van der Waals surface area contributed by atoms with Crippen LogP contribution in [0.5, 0.6) is 0 Å². The summed E-state index contributed by atoms with van der Waals surface area (Å²) in [6, 6.07) is 1.76. The van der Waals surface area contributed by atoms with Gasteiger partial charge < -0.3 is 5.11 Å². The third kappa shape index (κ3) is 1.71. The van der Waals surface area contributed by atoms with E-state index in [1.165, 1.54) is 0 Å². The highest BCUT2D eigenvalue weighted by Gasteiger charge is 2.19. The lowest BCUT2D eigenvalue weighted by atomic mass is 10.0. The Labute approximate surface area is 78.0 Å². The van der Waals surface area contributed by atoms with Crippen molar-refractivity contribution in [3.8, 4) is 0 Å². The fourth-order valence-electron chi connectivity index (χ4n) is 1.10. The lowest BCUT2D eigenvalue weighted by Crippen LogP contribution is -2.04. The number of benzene rings is 1. The molecule has 1 N–H and O–H groups in total. The zero-order valence-corrected chi connectivity index (χ0v) is 7.22. The number of halogens is 3. The van der Waals surface area contributed by atoms with Crippen molar-refractivity contribution >= 4 is 5.97 Å². The van der Waals surface area contributed by atoms with Crippen LogP contribution in [0.15, 0.2) is 12.1 Å². The van der Waals surface area contributed by atoms with E-state index in [4.69, 9.17) is 5.11 Å². The normalized spacial score (nSPS) is 10.6. The highest BCUT2D eigenvalue weighted by atomic mass is 19.3. The van der Waals surface area contributed by atoms with Gasteiger partial charge in [-0.2, -0.15) is 0 Å². The minimum atomic E-state index is -2.80. The summed E-state index contributed by atoms with van der Waals surface area (Å²) in [6.07, 6.45) is -2.80. The third-order valence-corrected chi connectivity index (χ3v) is 1.89. The zero-order chi connectivity index (χ0) is 10.9. The molecule has 0 fully saturated rings. The molecular weight excluding hydrogens is 197 g/mol. The van der Waals surface area contributed by atoms with Crippen LogP contribution in [0.2, 0.25) is 0 Å². The molecule has 0 saturated heterocycles. The lowest BCUT2D eigenvalue weighted by molar-refractivity contribution is 0.0691. The number of alkyl halides is 2. The van der Waals surface area contributed by atoms with Gasteiger partial charge in [-0.05, 0) is 18.6 Å². The summed E-state index contributed by atoms with van der Waals surface area (Å²) in [5.74, 6) is -2.57. The van der Waals surface area contributed by atoms with E-state index < -0.39 is 29.3 Å². The molecule has 0 atom stereocenters. The summed E-state index contributed by atoms with van der Waals surface area (Å²) in [4.78, 5) is 10.4. The Bertz CT molecular complexity index is 375. The first-order valence-electron chi connectivity index (χ1n) is 3.75. The fraction of sp³-hybridized carbons (Fsp3) is 0.222. The van der Waals surface area contributed by atoms with E-state index in [9.17, 15) is 18.0 Å². The lowest BCUT2D eigenvalue weighted by Gasteiger charge is -2.07. The minimum Gasteiger partial charge on any atom is -0.478 e. The largest absolute Gasteiger partial charge is 0.478 e. The summed E-state index contributed by atoms with van der Waals surface area (Å²) in [6.45, 7) is 1.13. The topological polar surface area (TPSA) is 37.3 Å². The number of aromatic carboxylic acids is 1. The number of carboxylic acids is 1. The minimum absolute atomic E-state index is 0.320. The van der Waals surface area contributed by atoms with Crippen molar-refractivity contribution in [1.29, 1.82) is 0 Å². The predicted molar refractivity (Wildman–Crippen MR) is 43.1 cm³/mol. The Balaban J connectivity index is 3.33. The molecular formula is C9H7F3O2. The Kier molecular flexibility index (Phi) is 2.78. The molecule has 0 aliphatic carbocycles. The molecule has 2 nitrogen and oxygen atoms in total. The zero-order valence-electron chi connectivity index (χ0n) is 7.22. The summed E-state index contributed by atoms with van der Waals surface area (Å²) in [5.41, 5.74) is -1.39. The number of carbonyl (C=O) groups is 1. The molecule has 14 heavy (non-hydrogen) atoms. The third-order valence-electron chi connectivity index (χ3n) is 1.89. The molecule has 0 heterocycles. The van der Waals surface area contributed by atoms with E-state index in [1.807, 2.05) is 0 Å². The van der Waals surface area contributed by atoms with Gasteiger partial charge in [-0.3, -0.25) is 0 Å². The second kappa shape index (κ2) is 3.69. The molecule has 1 aromatic carbocycles. The van der Waals surface area contributed by atoms with Crippen LogP contribution in [-0.4, -0.2) is 11.1 Å². The van der Waals surface area contributed by atoms with Gasteiger partial charge in [0.25, 0.3) is 6.43 Å². The van der Waals surface area contributed by atoms with Crippen molar-refractivity contribution in [2.45, 2.75) is 13.3 Å². The number of hydrogen-bond donors (Lipinski definition) is 1. The van der Waals surface area contributed by atoms with Crippen LogP contribution in [0, 0.1) is 12.7 Å². The summed E-state index contributed by atoms with van der Waals surface area (Å²) >= 11 is 0. The summed E-state index contributed by atoms with van der Waals surface area (Å²) < 4.78 is 37.6. The smallest absolute Gasteiger partial charge is 0.338 e. The molecule has 0 aliphatic heterocycles. The maximum atomic E-state index is 13.2. The first-order chi connectivity index (χ1) is 6.45. The highest BCUT2D eigenvalue weighted by Crippen LogP contribution is 2.25. The SMILES string of the molecule is Cc1c(C(F)F)ccc(C(=O)O)c1F. The van der Waals surface area contributed by atoms with E-state index in [-0.39, 0.29) is 5.56 Å². The second-order valence-electron chi connectivity index (χ2n) is 2.75. The van der Waals surface area contributed by atoms with E-state index in [1.54, 1.807) is 0 Å². The standard InChI is InChI=1S/C9H7F3O2/c1-4-5(8(11)12)2-3-6(7(4)10)9(13)14/h2-3,8H,1H3,(H,13,14). The van der Waals surface area contributed by atoms with Gasteiger partial charge in [-0.1, -0.05) is 6.07 Å². The summed E-state index contributed by atoms with van der Waals surface area (Å²) in [5, 5.41) is 8.49. The molecule has 0 bridgehead atoms. The number of hydrogen-bond acceptors (Lipinski definition) is 1.